The number of hydrazine groups is 1. The van der Waals surface area contributed by atoms with Crippen molar-refractivity contribution in [3.8, 4) is 0 Å². The van der Waals surface area contributed by atoms with Crippen LogP contribution in [0.3, 0.4) is 0 Å². The molecule has 2 aromatic carbocycles. The van der Waals surface area contributed by atoms with E-state index in [1.807, 2.05) is 30.3 Å². The van der Waals surface area contributed by atoms with E-state index in [4.69, 9.17) is 28.6 Å². The Morgan fingerprint density at radius 2 is 1.91 bits per heavy atom. The lowest BCUT2D eigenvalue weighted by Gasteiger charge is -2.11. The van der Waals surface area contributed by atoms with E-state index in [-0.39, 0.29) is 23.4 Å². The van der Waals surface area contributed by atoms with Gasteiger partial charge in [-0.05, 0) is 48.5 Å². The molecular formula is C24H23ClFN3O3S3. The van der Waals surface area contributed by atoms with Crippen LogP contribution >= 0.6 is 46.9 Å². The highest BCUT2D eigenvalue weighted by molar-refractivity contribution is 7.99. The second-order valence-corrected chi connectivity index (χ2v) is 10.1. The van der Waals surface area contributed by atoms with Crippen molar-refractivity contribution in [2.75, 3.05) is 17.7 Å². The van der Waals surface area contributed by atoms with Gasteiger partial charge in [0.2, 0.25) is 5.91 Å². The zero-order chi connectivity index (χ0) is 25.2. The third-order valence-corrected chi connectivity index (χ3v) is 7.14. The fraction of sp³-hybridized carbons (Fsp3) is 0.208. The molecule has 0 aliphatic rings. The number of thiophene rings is 1. The molecule has 3 aromatic rings. The van der Waals surface area contributed by atoms with Crippen LogP contribution in [0.4, 0.5) is 9.39 Å². The lowest BCUT2D eigenvalue weighted by molar-refractivity contribution is -0.119. The van der Waals surface area contributed by atoms with Gasteiger partial charge in [-0.15, -0.1) is 23.1 Å². The van der Waals surface area contributed by atoms with Crippen LogP contribution in [0.2, 0.25) is 5.02 Å². The molecule has 6 nitrogen and oxygen atoms in total. The smallest absolute Gasteiger partial charge is 0.341 e. The van der Waals surface area contributed by atoms with Crippen LogP contribution in [0.1, 0.15) is 33.3 Å². The SMILES string of the molecule is CCOC(=O)c1cc(Cc2ccccc2)sc1NC(=S)NNC(=O)CSCc1ccc(F)cc1Cl. The summed E-state index contributed by atoms with van der Waals surface area (Å²) in [4.78, 5) is 25.5. The third kappa shape index (κ3) is 8.50. The molecule has 0 aliphatic carbocycles. The minimum Gasteiger partial charge on any atom is -0.462 e. The van der Waals surface area contributed by atoms with Crippen molar-refractivity contribution in [2.24, 2.45) is 0 Å². The second-order valence-electron chi connectivity index (χ2n) is 7.19. The van der Waals surface area contributed by atoms with Gasteiger partial charge < -0.3 is 10.1 Å². The molecule has 1 aromatic heterocycles. The quantitative estimate of drug-likeness (QED) is 0.182. The molecule has 184 valence electrons. The van der Waals surface area contributed by atoms with Gasteiger partial charge in [0.05, 0.1) is 17.9 Å². The predicted octanol–water partition coefficient (Wildman–Crippen LogP) is 5.56. The molecule has 0 radical (unpaired) electrons. The fourth-order valence-electron chi connectivity index (χ4n) is 2.97. The molecule has 0 fully saturated rings. The van der Waals surface area contributed by atoms with Crippen molar-refractivity contribution in [1.29, 1.82) is 0 Å². The maximum atomic E-state index is 13.1. The number of esters is 1. The maximum Gasteiger partial charge on any atom is 0.341 e. The molecule has 0 saturated heterocycles. The predicted molar refractivity (Wildman–Crippen MR) is 145 cm³/mol. The maximum absolute atomic E-state index is 13.1. The van der Waals surface area contributed by atoms with Gasteiger partial charge >= 0.3 is 5.97 Å². The number of hydrogen-bond acceptors (Lipinski definition) is 6. The topological polar surface area (TPSA) is 79.5 Å². The van der Waals surface area contributed by atoms with E-state index in [0.717, 1.165) is 16.0 Å². The number of rotatable bonds is 9. The first-order valence-electron chi connectivity index (χ1n) is 10.6. The summed E-state index contributed by atoms with van der Waals surface area (Å²) < 4.78 is 18.3. The van der Waals surface area contributed by atoms with Gasteiger partial charge in [0.25, 0.3) is 0 Å². The molecule has 0 atom stereocenters. The molecule has 35 heavy (non-hydrogen) atoms. The minimum absolute atomic E-state index is 0.128. The van der Waals surface area contributed by atoms with Gasteiger partial charge in [0, 0.05) is 22.1 Å². The van der Waals surface area contributed by atoms with Gasteiger partial charge in [-0.1, -0.05) is 48.0 Å². The monoisotopic (exact) mass is 551 g/mol. The Labute approximate surface area is 221 Å². The van der Waals surface area contributed by atoms with E-state index in [2.05, 4.69) is 16.2 Å². The third-order valence-electron chi connectivity index (χ3n) is 4.55. The summed E-state index contributed by atoms with van der Waals surface area (Å²) in [6.07, 6.45) is 0.659. The first-order valence-corrected chi connectivity index (χ1v) is 13.3. The molecule has 3 N–H and O–H groups in total. The average Bonchev–Trinajstić information content (AvgIpc) is 3.22. The van der Waals surface area contributed by atoms with Gasteiger partial charge in [-0.3, -0.25) is 15.6 Å². The Balaban J connectivity index is 1.53. The van der Waals surface area contributed by atoms with E-state index in [9.17, 15) is 14.0 Å². The summed E-state index contributed by atoms with van der Waals surface area (Å²) in [5.41, 5.74) is 7.39. The lowest BCUT2D eigenvalue weighted by atomic mass is 10.1. The highest BCUT2D eigenvalue weighted by Crippen LogP contribution is 2.30. The number of anilines is 1. The van der Waals surface area contributed by atoms with Crippen molar-refractivity contribution in [2.45, 2.75) is 19.1 Å². The highest BCUT2D eigenvalue weighted by atomic mass is 35.5. The molecule has 1 heterocycles. The van der Waals surface area contributed by atoms with E-state index >= 15 is 0 Å². The van der Waals surface area contributed by atoms with Gasteiger partial charge in [0.15, 0.2) is 5.11 Å². The van der Waals surface area contributed by atoms with Gasteiger partial charge in [-0.25, -0.2) is 9.18 Å². The van der Waals surface area contributed by atoms with E-state index in [0.29, 0.717) is 27.8 Å². The fourth-order valence-corrected chi connectivity index (χ4v) is 5.41. The van der Waals surface area contributed by atoms with E-state index in [1.165, 1.54) is 35.2 Å². The Bertz CT molecular complexity index is 1190. The number of halogens is 2. The first-order chi connectivity index (χ1) is 16.9. The first kappa shape index (κ1) is 26.9. The van der Waals surface area contributed by atoms with Crippen LogP contribution in [0.5, 0.6) is 0 Å². The number of thioether (sulfide) groups is 1. The van der Waals surface area contributed by atoms with Crippen LogP contribution in [0.15, 0.2) is 54.6 Å². The van der Waals surface area contributed by atoms with Crippen LogP contribution in [-0.2, 0) is 21.7 Å². The number of thiocarbonyl (C=S) groups is 1. The molecular weight excluding hydrogens is 529 g/mol. The van der Waals surface area contributed by atoms with Crippen molar-refractivity contribution >= 4 is 68.9 Å². The number of nitrogens with one attached hydrogen (secondary N) is 3. The molecule has 0 aliphatic heterocycles. The molecule has 3 rings (SSSR count). The number of carbonyl (C=O) groups excluding carboxylic acids is 2. The summed E-state index contributed by atoms with van der Waals surface area (Å²) in [6.45, 7) is 1.99. The van der Waals surface area contributed by atoms with Crippen molar-refractivity contribution in [1.82, 2.24) is 10.9 Å². The van der Waals surface area contributed by atoms with E-state index < -0.39 is 11.8 Å². The van der Waals surface area contributed by atoms with Gasteiger partial charge in [0.1, 0.15) is 10.8 Å². The summed E-state index contributed by atoms with van der Waals surface area (Å²) in [5.74, 6) is -0.572. The van der Waals surface area contributed by atoms with Crippen molar-refractivity contribution in [3.63, 3.8) is 0 Å². The van der Waals surface area contributed by atoms with Crippen LogP contribution in [0, 0.1) is 5.82 Å². The lowest BCUT2D eigenvalue weighted by Crippen LogP contribution is -2.44. The molecule has 1 amide bonds. The second kappa shape index (κ2) is 13.4. The normalized spacial score (nSPS) is 10.5. The standard InChI is InChI=1S/C24H23ClFN3O3S3/c1-2-32-23(31)19-12-18(10-15-6-4-3-5-7-15)35-22(19)27-24(33)29-28-21(30)14-34-13-16-8-9-17(26)11-20(16)25/h3-9,11-12H,2,10,13-14H2,1H3,(H,28,30)(H2,27,29,33). The molecule has 0 saturated carbocycles. The zero-order valence-corrected chi connectivity index (χ0v) is 21.9. The molecule has 11 heteroatoms. The number of hydrogen-bond donors (Lipinski definition) is 3. The Hall–Kier alpha value is -2.66. The summed E-state index contributed by atoms with van der Waals surface area (Å²) in [6, 6.07) is 15.8. The van der Waals surface area contributed by atoms with Crippen LogP contribution in [-0.4, -0.2) is 29.3 Å². The molecule has 0 unspecified atom stereocenters. The Kier molecular flexibility index (Phi) is 10.3. The van der Waals surface area contributed by atoms with Crippen molar-refractivity contribution in [3.05, 3.63) is 87.0 Å². The Morgan fingerprint density at radius 3 is 2.63 bits per heavy atom. The number of benzene rings is 2. The summed E-state index contributed by atoms with van der Waals surface area (Å²) >= 11 is 14.0. The largest absolute Gasteiger partial charge is 0.462 e. The Morgan fingerprint density at radius 1 is 1.14 bits per heavy atom. The highest BCUT2D eigenvalue weighted by Gasteiger charge is 2.18. The molecule has 0 spiro atoms. The van der Waals surface area contributed by atoms with Crippen LogP contribution in [0.25, 0.3) is 0 Å². The van der Waals surface area contributed by atoms with Crippen molar-refractivity contribution < 1.29 is 18.7 Å². The summed E-state index contributed by atoms with van der Waals surface area (Å²) in [5, 5.41) is 3.95. The number of amides is 1. The zero-order valence-electron chi connectivity index (χ0n) is 18.7. The van der Waals surface area contributed by atoms with E-state index in [1.54, 1.807) is 19.1 Å². The number of carbonyl (C=O) groups is 2. The van der Waals surface area contributed by atoms with Crippen LogP contribution < -0.4 is 16.2 Å². The molecule has 0 bridgehead atoms. The minimum atomic E-state index is -0.451. The number of ether oxygens (including phenoxy) is 1. The van der Waals surface area contributed by atoms with Gasteiger partial charge in [-0.2, -0.15) is 0 Å². The average molecular weight is 552 g/mol. The summed E-state index contributed by atoms with van der Waals surface area (Å²) in [7, 11) is 0.